The Morgan fingerprint density at radius 1 is 1.19 bits per heavy atom. The van der Waals surface area contributed by atoms with Gasteiger partial charge in [0.1, 0.15) is 0 Å². The van der Waals surface area contributed by atoms with E-state index in [1.165, 1.54) is 12.8 Å². The number of unbranched alkanes of at least 4 members (excludes halogenated alkanes) is 1. The molecule has 0 atom stereocenters. The first-order valence-corrected chi connectivity index (χ1v) is 6.21. The topological polar surface area (TPSA) is 38.3 Å². The summed E-state index contributed by atoms with van der Waals surface area (Å²) in [5.74, 6) is 0.146. The van der Waals surface area contributed by atoms with Crippen molar-refractivity contribution in [3.63, 3.8) is 0 Å². The molecule has 0 spiro atoms. The van der Waals surface area contributed by atoms with E-state index in [1.54, 1.807) is 7.11 Å². The second-order valence-electron chi connectivity index (χ2n) is 5.46. The summed E-state index contributed by atoms with van der Waals surface area (Å²) in [6.45, 7) is 8.21. The van der Waals surface area contributed by atoms with E-state index in [0.29, 0.717) is 18.4 Å². The predicted octanol–water partition coefficient (Wildman–Crippen LogP) is 2.75. The van der Waals surface area contributed by atoms with Crippen molar-refractivity contribution in [2.75, 3.05) is 20.3 Å². The number of amides is 1. The fourth-order valence-electron chi connectivity index (χ4n) is 1.47. The highest BCUT2D eigenvalue weighted by Gasteiger charge is 2.08. The molecule has 0 aliphatic rings. The third-order valence-corrected chi connectivity index (χ3v) is 2.43. The van der Waals surface area contributed by atoms with Crippen molar-refractivity contribution in [1.29, 1.82) is 0 Å². The van der Waals surface area contributed by atoms with Crippen LogP contribution >= 0.6 is 0 Å². The molecule has 0 radical (unpaired) electrons. The second kappa shape index (κ2) is 8.57. The molecule has 0 aromatic carbocycles. The number of carbonyl (C=O) groups excluding carboxylic acids is 1. The van der Waals surface area contributed by atoms with Gasteiger partial charge in [0.05, 0.1) is 0 Å². The van der Waals surface area contributed by atoms with Crippen LogP contribution in [0.15, 0.2) is 0 Å². The summed E-state index contributed by atoms with van der Waals surface area (Å²) in [5, 5.41) is 2.93. The van der Waals surface area contributed by atoms with Crippen LogP contribution in [0.4, 0.5) is 0 Å². The lowest BCUT2D eigenvalue weighted by molar-refractivity contribution is -0.121. The van der Waals surface area contributed by atoms with E-state index in [1.807, 2.05) is 0 Å². The minimum absolute atomic E-state index is 0.146. The van der Waals surface area contributed by atoms with Gasteiger partial charge in [-0.25, -0.2) is 0 Å². The third-order valence-electron chi connectivity index (χ3n) is 2.43. The van der Waals surface area contributed by atoms with Crippen LogP contribution in [-0.4, -0.2) is 26.2 Å². The summed E-state index contributed by atoms with van der Waals surface area (Å²) < 4.78 is 4.89. The normalized spacial score (nSPS) is 11.5. The highest BCUT2D eigenvalue weighted by Crippen LogP contribution is 2.21. The summed E-state index contributed by atoms with van der Waals surface area (Å²) in [6, 6.07) is 0. The molecule has 3 nitrogen and oxygen atoms in total. The first kappa shape index (κ1) is 15.4. The fourth-order valence-corrected chi connectivity index (χ4v) is 1.47. The Bertz CT molecular complexity index is 185. The number of carbonyl (C=O) groups is 1. The van der Waals surface area contributed by atoms with Gasteiger partial charge in [0, 0.05) is 26.7 Å². The van der Waals surface area contributed by atoms with Crippen LogP contribution in [0.5, 0.6) is 0 Å². The predicted molar refractivity (Wildman–Crippen MR) is 67.4 cm³/mol. The number of nitrogens with one attached hydrogen (secondary N) is 1. The summed E-state index contributed by atoms with van der Waals surface area (Å²) in [6.07, 6.45) is 4.86. The molecule has 0 saturated heterocycles. The number of rotatable bonds is 8. The van der Waals surface area contributed by atoms with Crippen LogP contribution < -0.4 is 5.32 Å². The van der Waals surface area contributed by atoms with E-state index in [-0.39, 0.29) is 5.91 Å². The molecule has 0 bridgehead atoms. The zero-order chi connectivity index (χ0) is 12.4. The van der Waals surface area contributed by atoms with Gasteiger partial charge in [0.2, 0.25) is 5.91 Å². The Hall–Kier alpha value is -0.570. The maximum Gasteiger partial charge on any atom is 0.220 e. The summed E-state index contributed by atoms with van der Waals surface area (Å²) in [7, 11) is 1.66. The number of hydrogen-bond donors (Lipinski definition) is 1. The lowest BCUT2D eigenvalue weighted by atomic mass is 9.90. The molecule has 0 aromatic rings. The van der Waals surface area contributed by atoms with Crippen molar-refractivity contribution in [3.05, 3.63) is 0 Å². The zero-order valence-corrected chi connectivity index (χ0v) is 11.3. The van der Waals surface area contributed by atoms with Gasteiger partial charge in [0.25, 0.3) is 0 Å². The largest absolute Gasteiger partial charge is 0.385 e. The van der Waals surface area contributed by atoms with Gasteiger partial charge >= 0.3 is 0 Å². The van der Waals surface area contributed by atoms with Gasteiger partial charge in [-0.1, -0.05) is 27.2 Å². The van der Waals surface area contributed by atoms with Crippen molar-refractivity contribution in [3.8, 4) is 0 Å². The zero-order valence-electron chi connectivity index (χ0n) is 11.3. The van der Waals surface area contributed by atoms with Crippen LogP contribution in [0.25, 0.3) is 0 Å². The van der Waals surface area contributed by atoms with E-state index in [2.05, 4.69) is 26.1 Å². The Kier molecular flexibility index (Phi) is 8.26. The molecular formula is C13H27NO2. The fraction of sp³-hybridized carbons (Fsp3) is 0.923. The van der Waals surface area contributed by atoms with E-state index in [0.717, 1.165) is 19.4 Å². The minimum atomic E-state index is 0.146. The molecule has 0 heterocycles. The summed E-state index contributed by atoms with van der Waals surface area (Å²) in [4.78, 5) is 11.3. The lowest BCUT2D eigenvalue weighted by Gasteiger charge is -2.17. The Morgan fingerprint density at radius 2 is 1.88 bits per heavy atom. The molecule has 0 aliphatic carbocycles. The molecule has 1 amide bonds. The maximum absolute atomic E-state index is 11.3. The number of hydrogen-bond acceptors (Lipinski definition) is 2. The third kappa shape index (κ3) is 11.5. The smallest absolute Gasteiger partial charge is 0.220 e. The van der Waals surface area contributed by atoms with Crippen LogP contribution in [0, 0.1) is 5.41 Å². The monoisotopic (exact) mass is 229 g/mol. The Morgan fingerprint density at radius 3 is 2.44 bits per heavy atom. The SMILES string of the molecule is COCCCC(=O)NCCCCC(C)(C)C. The standard InChI is InChI=1S/C13H27NO2/c1-13(2,3)9-5-6-10-14-12(15)8-7-11-16-4/h5-11H2,1-4H3,(H,14,15). The van der Waals surface area contributed by atoms with E-state index < -0.39 is 0 Å². The summed E-state index contributed by atoms with van der Waals surface area (Å²) >= 11 is 0. The summed E-state index contributed by atoms with van der Waals surface area (Å²) in [5.41, 5.74) is 0.405. The highest BCUT2D eigenvalue weighted by molar-refractivity contribution is 5.75. The van der Waals surface area contributed by atoms with Gasteiger partial charge in [-0.05, 0) is 24.7 Å². The highest BCUT2D eigenvalue weighted by atomic mass is 16.5. The van der Waals surface area contributed by atoms with Crippen LogP contribution in [0.3, 0.4) is 0 Å². The lowest BCUT2D eigenvalue weighted by Crippen LogP contribution is -2.24. The Labute approximate surface area is 99.9 Å². The number of ether oxygens (including phenoxy) is 1. The molecule has 0 unspecified atom stereocenters. The van der Waals surface area contributed by atoms with E-state index in [9.17, 15) is 4.79 Å². The average molecular weight is 229 g/mol. The van der Waals surface area contributed by atoms with Gasteiger partial charge in [-0.15, -0.1) is 0 Å². The van der Waals surface area contributed by atoms with E-state index in [4.69, 9.17) is 4.74 Å². The first-order valence-electron chi connectivity index (χ1n) is 6.21. The molecular weight excluding hydrogens is 202 g/mol. The van der Waals surface area contributed by atoms with Gasteiger partial charge in [-0.2, -0.15) is 0 Å². The van der Waals surface area contributed by atoms with E-state index >= 15 is 0 Å². The molecule has 0 aromatic heterocycles. The molecule has 0 aliphatic heterocycles. The molecule has 0 rings (SSSR count). The Balaban J connectivity index is 3.28. The van der Waals surface area contributed by atoms with Crippen molar-refractivity contribution in [2.45, 2.75) is 52.9 Å². The van der Waals surface area contributed by atoms with Crippen molar-refractivity contribution in [2.24, 2.45) is 5.41 Å². The number of methoxy groups -OCH3 is 1. The van der Waals surface area contributed by atoms with Crippen molar-refractivity contribution >= 4 is 5.91 Å². The molecule has 1 N–H and O–H groups in total. The molecule has 0 saturated carbocycles. The van der Waals surface area contributed by atoms with Crippen molar-refractivity contribution < 1.29 is 9.53 Å². The van der Waals surface area contributed by atoms with Crippen LogP contribution in [0.2, 0.25) is 0 Å². The average Bonchev–Trinajstić information content (AvgIpc) is 2.16. The molecule has 0 fully saturated rings. The van der Waals surface area contributed by atoms with Crippen LogP contribution in [-0.2, 0) is 9.53 Å². The molecule has 16 heavy (non-hydrogen) atoms. The van der Waals surface area contributed by atoms with Crippen molar-refractivity contribution in [1.82, 2.24) is 5.32 Å². The quantitative estimate of drug-likeness (QED) is 0.650. The minimum Gasteiger partial charge on any atom is -0.385 e. The molecule has 96 valence electrons. The van der Waals surface area contributed by atoms with Gasteiger partial charge < -0.3 is 10.1 Å². The first-order chi connectivity index (χ1) is 7.45. The molecule has 3 heteroatoms. The van der Waals surface area contributed by atoms with Gasteiger partial charge in [0.15, 0.2) is 0 Å². The van der Waals surface area contributed by atoms with Crippen LogP contribution in [0.1, 0.15) is 52.9 Å². The second-order valence-corrected chi connectivity index (χ2v) is 5.46. The van der Waals surface area contributed by atoms with Gasteiger partial charge in [-0.3, -0.25) is 4.79 Å². The maximum atomic E-state index is 11.3.